The fourth-order valence-corrected chi connectivity index (χ4v) is 4.53. The van der Waals surface area contributed by atoms with Gasteiger partial charge in [0.1, 0.15) is 0 Å². The molecule has 0 aliphatic heterocycles. The molecular formula is C31H34N4. The molecule has 3 aromatic carbocycles. The Balaban J connectivity index is 1.17. The number of H-pyrrole nitrogens is 1. The molecule has 35 heavy (non-hydrogen) atoms. The monoisotopic (exact) mass is 462 g/mol. The molecule has 2 aromatic heterocycles. The van der Waals surface area contributed by atoms with Crippen molar-refractivity contribution in [2.75, 3.05) is 18.4 Å². The Labute approximate surface area is 207 Å². The van der Waals surface area contributed by atoms with Crippen LogP contribution < -0.4 is 10.6 Å². The minimum atomic E-state index is 0.163. The zero-order valence-corrected chi connectivity index (χ0v) is 20.9. The summed E-state index contributed by atoms with van der Waals surface area (Å²) in [5.74, 6) is 0. The molecule has 0 amide bonds. The van der Waals surface area contributed by atoms with E-state index < -0.39 is 0 Å². The van der Waals surface area contributed by atoms with Gasteiger partial charge in [0.25, 0.3) is 0 Å². The van der Waals surface area contributed by atoms with Crippen LogP contribution in [0.4, 0.5) is 5.69 Å². The first-order chi connectivity index (χ1) is 17.0. The summed E-state index contributed by atoms with van der Waals surface area (Å²) < 4.78 is 0. The second kappa shape index (κ2) is 9.93. The molecule has 0 spiro atoms. The maximum Gasteiger partial charge on any atom is 0.0728 e. The van der Waals surface area contributed by atoms with Gasteiger partial charge in [-0.2, -0.15) is 0 Å². The van der Waals surface area contributed by atoms with Crippen molar-refractivity contribution in [3.8, 4) is 11.1 Å². The van der Waals surface area contributed by atoms with Gasteiger partial charge in [0.2, 0.25) is 0 Å². The van der Waals surface area contributed by atoms with Crippen LogP contribution in [0, 0.1) is 0 Å². The molecule has 0 saturated carbocycles. The van der Waals surface area contributed by atoms with E-state index in [0.29, 0.717) is 0 Å². The van der Waals surface area contributed by atoms with Crippen molar-refractivity contribution < 1.29 is 0 Å². The van der Waals surface area contributed by atoms with Gasteiger partial charge in [-0.25, -0.2) is 0 Å². The van der Waals surface area contributed by atoms with Crippen molar-refractivity contribution in [1.82, 2.24) is 15.3 Å². The highest BCUT2D eigenvalue weighted by atomic mass is 14.9. The molecule has 0 aliphatic carbocycles. The second-order valence-corrected chi connectivity index (χ2v) is 10.3. The molecule has 0 aliphatic rings. The Morgan fingerprint density at radius 3 is 2.49 bits per heavy atom. The average Bonchev–Trinajstić information content (AvgIpc) is 3.33. The van der Waals surface area contributed by atoms with E-state index in [4.69, 9.17) is 0 Å². The fourth-order valence-electron chi connectivity index (χ4n) is 4.53. The molecule has 0 atom stereocenters. The number of rotatable bonds is 8. The zero-order valence-electron chi connectivity index (χ0n) is 20.9. The lowest BCUT2D eigenvalue weighted by atomic mass is 9.86. The molecule has 4 heteroatoms. The van der Waals surface area contributed by atoms with Crippen LogP contribution in [-0.4, -0.2) is 23.1 Å². The van der Waals surface area contributed by atoms with Crippen LogP contribution in [0.1, 0.15) is 38.3 Å². The highest BCUT2D eigenvalue weighted by Gasteiger charge is 2.13. The van der Waals surface area contributed by atoms with Gasteiger partial charge in [0.15, 0.2) is 0 Å². The van der Waals surface area contributed by atoms with Gasteiger partial charge in [-0.3, -0.25) is 4.98 Å². The first-order valence-corrected chi connectivity index (χ1v) is 12.5. The van der Waals surface area contributed by atoms with Gasteiger partial charge >= 0.3 is 0 Å². The first-order valence-electron chi connectivity index (χ1n) is 12.5. The minimum Gasteiger partial charge on any atom is -0.384 e. The smallest absolute Gasteiger partial charge is 0.0728 e. The molecule has 2 heterocycles. The molecule has 178 valence electrons. The predicted molar refractivity (Wildman–Crippen MR) is 149 cm³/mol. The van der Waals surface area contributed by atoms with Crippen molar-refractivity contribution in [2.24, 2.45) is 0 Å². The number of fused-ring (bicyclic) bond motifs is 2. The molecule has 0 saturated heterocycles. The number of aromatic nitrogens is 2. The Morgan fingerprint density at radius 1 is 0.829 bits per heavy atom. The van der Waals surface area contributed by atoms with Gasteiger partial charge in [-0.05, 0) is 76.4 Å². The zero-order chi connectivity index (χ0) is 24.3. The molecule has 5 rings (SSSR count). The van der Waals surface area contributed by atoms with E-state index in [1.165, 1.54) is 33.2 Å². The van der Waals surface area contributed by atoms with E-state index in [1.54, 1.807) is 0 Å². The SMILES string of the molecule is CC(C)(C)c1ccc(-c2ccc3c(NCCCNCc4ccc5[nH]ccc5c4)ccnc3c2)cc1. The first kappa shape index (κ1) is 23.1. The van der Waals surface area contributed by atoms with E-state index in [1.807, 2.05) is 12.4 Å². The van der Waals surface area contributed by atoms with Crippen molar-refractivity contribution in [3.63, 3.8) is 0 Å². The maximum absolute atomic E-state index is 4.64. The van der Waals surface area contributed by atoms with Crippen LogP contribution in [-0.2, 0) is 12.0 Å². The van der Waals surface area contributed by atoms with E-state index in [-0.39, 0.29) is 5.41 Å². The van der Waals surface area contributed by atoms with Gasteiger partial charge in [0.05, 0.1) is 5.52 Å². The Kier molecular flexibility index (Phi) is 6.56. The Hall–Kier alpha value is -3.63. The molecule has 0 bridgehead atoms. The van der Waals surface area contributed by atoms with Crippen LogP contribution in [0.15, 0.2) is 85.2 Å². The lowest BCUT2D eigenvalue weighted by molar-refractivity contribution is 0.590. The summed E-state index contributed by atoms with van der Waals surface area (Å²) in [6.45, 7) is 9.51. The lowest BCUT2D eigenvalue weighted by Crippen LogP contribution is -2.17. The van der Waals surface area contributed by atoms with Crippen LogP contribution in [0.25, 0.3) is 32.9 Å². The van der Waals surface area contributed by atoms with E-state index in [2.05, 4.69) is 114 Å². The molecular weight excluding hydrogens is 428 g/mol. The molecule has 5 aromatic rings. The van der Waals surface area contributed by atoms with Gasteiger partial charge < -0.3 is 15.6 Å². The summed E-state index contributed by atoms with van der Waals surface area (Å²) in [6.07, 6.45) is 4.93. The number of anilines is 1. The van der Waals surface area contributed by atoms with Crippen LogP contribution >= 0.6 is 0 Å². The molecule has 4 nitrogen and oxygen atoms in total. The number of pyridine rings is 1. The third kappa shape index (κ3) is 5.39. The van der Waals surface area contributed by atoms with E-state index in [9.17, 15) is 0 Å². The highest BCUT2D eigenvalue weighted by Crippen LogP contribution is 2.29. The number of nitrogens with zero attached hydrogens (tertiary/aromatic N) is 1. The van der Waals surface area contributed by atoms with Gasteiger partial charge in [-0.1, -0.05) is 63.2 Å². The normalized spacial score (nSPS) is 11.9. The summed E-state index contributed by atoms with van der Waals surface area (Å²) >= 11 is 0. The third-order valence-corrected chi connectivity index (χ3v) is 6.62. The highest BCUT2D eigenvalue weighted by molar-refractivity contribution is 5.93. The fraction of sp³-hybridized carbons (Fsp3) is 0.258. The van der Waals surface area contributed by atoms with Crippen molar-refractivity contribution in [3.05, 3.63) is 96.3 Å². The third-order valence-electron chi connectivity index (χ3n) is 6.62. The predicted octanol–water partition coefficient (Wildman–Crippen LogP) is 7.27. The number of benzene rings is 3. The average molecular weight is 463 g/mol. The largest absolute Gasteiger partial charge is 0.384 e. The summed E-state index contributed by atoms with van der Waals surface area (Å²) in [5, 5.41) is 9.59. The number of hydrogen-bond donors (Lipinski definition) is 3. The van der Waals surface area contributed by atoms with Gasteiger partial charge in [-0.15, -0.1) is 0 Å². The number of hydrogen-bond acceptors (Lipinski definition) is 3. The lowest BCUT2D eigenvalue weighted by Gasteiger charge is -2.19. The van der Waals surface area contributed by atoms with E-state index in [0.717, 1.165) is 42.6 Å². The maximum atomic E-state index is 4.64. The molecule has 0 unspecified atom stereocenters. The molecule has 3 N–H and O–H groups in total. The van der Waals surface area contributed by atoms with Crippen molar-refractivity contribution in [2.45, 2.75) is 39.2 Å². The summed E-state index contributed by atoms with van der Waals surface area (Å²) in [6, 6.07) is 26.2. The minimum absolute atomic E-state index is 0.163. The van der Waals surface area contributed by atoms with Gasteiger partial charge in [0, 0.05) is 42.1 Å². The molecule has 0 fully saturated rings. The summed E-state index contributed by atoms with van der Waals surface area (Å²) in [4.78, 5) is 7.88. The number of aromatic amines is 1. The van der Waals surface area contributed by atoms with Crippen LogP contribution in [0.3, 0.4) is 0 Å². The quantitative estimate of drug-likeness (QED) is 0.213. The Morgan fingerprint density at radius 2 is 1.66 bits per heavy atom. The summed E-state index contributed by atoms with van der Waals surface area (Å²) in [5.41, 5.74) is 8.60. The van der Waals surface area contributed by atoms with Crippen molar-refractivity contribution in [1.29, 1.82) is 0 Å². The van der Waals surface area contributed by atoms with Crippen LogP contribution in [0.5, 0.6) is 0 Å². The second-order valence-electron chi connectivity index (χ2n) is 10.3. The standard InChI is InChI=1S/C31H34N4/c1-31(2,3)26-9-6-23(7-10-26)24-8-11-27-29(14-18-35-30(27)20-24)33-16-4-15-32-21-22-5-12-28-25(19-22)13-17-34-28/h5-14,17-20,32,34H,4,15-16,21H2,1-3H3,(H,33,35). The Bertz CT molecular complexity index is 1420. The molecule has 0 radical (unpaired) electrons. The number of nitrogens with one attached hydrogen (secondary N) is 3. The summed E-state index contributed by atoms with van der Waals surface area (Å²) in [7, 11) is 0. The topological polar surface area (TPSA) is 52.7 Å². The van der Waals surface area contributed by atoms with Crippen molar-refractivity contribution >= 4 is 27.5 Å². The van der Waals surface area contributed by atoms with E-state index >= 15 is 0 Å². The van der Waals surface area contributed by atoms with Crippen LogP contribution in [0.2, 0.25) is 0 Å².